The van der Waals surface area contributed by atoms with Crippen molar-refractivity contribution in [3.05, 3.63) is 60.2 Å². The first-order chi connectivity index (χ1) is 14.8. The smallest absolute Gasteiger partial charge is 0.311 e. The molecule has 1 saturated heterocycles. The van der Waals surface area contributed by atoms with Gasteiger partial charge in [0.1, 0.15) is 0 Å². The van der Waals surface area contributed by atoms with Crippen molar-refractivity contribution in [2.24, 2.45) is 5.92 Å². The van der Waals surface area contributed by atoms with Crippen LogP contribution >= 0.6 is 0 Å². The highest BCUT2D eigenvalue weighted by Crippen LogP contribution is 2.29. The number of hydrogen-bond acceptors (Lipinski definition) is 5. The highest BCUT2D eigenvalue weighted by Gasteiger charge is 2.38. The number of nitrogens with zero attached hydrogens (tertiary/aromatic N) is 1. The second-order valence-corrected chi connectivity index (χ2v) is 7.45. The Bertz CT molecular complexity index is 959. The Kier molecular flexibility index (Phi) is 7.02. The fraction of sp³-hybridized carbons (Fsp3) is 0.304. The minimum atomic E-state index is -0.594. The molecule has 0 saturated carbocycles. The maximum Gasteiger partial charge on any atom is 0.311 e. The van der Waals surface area contributed by atoms with E-state index in [0.29, 0.717) is 11.4 Å². The van der Waals surface area contributed by atoms with Gasteiger partial charge in [0.05, 0.1) is 12.0 Å². The number of rotatable bonds is 7. The molecule has 2 aromatic carbocycles. The van der Waals surface area contributed by atoms with Gasteiger partial charge in [-0.1, -0.05) is 30.3 Å². The van der Waals surface area contributed by atoms with Crippen molar-refractivity contribution >= 4 is 35.1 Å². The molecule has 3 rings (SSSR count). The minimum absolute atomic E-state index is 0.0717. The molecule has 0 unspecified atom stereocenters. The number of benzene rings is 2. The molecule has 8 nitrogen and oxygen atoms in total. The van der Waals surface area contributed by atoms with E-state index in [1.54, 1.807) is 29.2 Å². The summed E-state index contributed by atoms with van der Waals surface area (Å²) in [5.74, 6) is -1.94. The highest BCUT2D eigenvalue weighted by molar-refractivity contribution is 5.94. The second-order valence-electron chi connectivity index (χ2n) is 7.45. The molecule has 2 N–H and O–H groups in total. The SMILES string of the molecule is CC(=O)Nc1ccc(NC(=O)COC(=O)[C@@H]2CC(=O)N([C@H](C)c3ccccc3)C2)cc1. The average Bonchev–Trinajstić information content (AvgIpc) is 3.15. The maximum atomic E-state index is 12.4. The first-order valence-electron chi connectivity index (χ1n) is 10.0. The van der Waals surface area contributed by atoms with Crippen LogP contribution in [0.4, 0.5) is 11.4 Å². The summed E-state index contributed by atoms with van der Waals surface area (Å²) in [6.45, 7) is 3.15. The Morgan fingerprint density at radius 3 is 2.26 bits per heavy atom. The predicted molar refractivity (Wildman–Crippen MR) is 115 cm³/mol. The Morgan fingerprint density at radius 1 is 1.03 bits per heavy atom. The van der Waals surface area contributed by atoms with Crippen molar-refractivity contribution < 1.29 is 23.9 Å². The maximum absolute atomic E-state index is 12.4. The summed E-state index contributed by atoms with van der Waals surface area (Å²) in [7, 11) is 0. The molecule has 3 amide bonds. The van der Waals surface area contributed by atoms with Gasteiger partial charge in [-0.25, -0.2) is 0 Å². The molecular formula is C23H25N3O5. The van der Waals surface area contributed by atoms with Crippen LogP contribution in [0.2, 0.25) is 0 Å². The number of amides is 3. The molecule has 8 heteroatoms. The van der Waals surface area contributed by atoms with Gasteiger partial charge in [0.2, 0.25) is 11.8 Å². The van der Waals surface area contributed by atoms with Crippen LogP contribution in [0, 0.1) is 5.92 Å². The number of nitrogens with one attached hydrogen (secondary N) is 2. The number of hydrogen-bond donors (Lipinski definition) is 2. The molecule has 2 aromatic rings. The van der Waals surface area contributed by atoms with Gasteiger partial charge in [-0.05, 0) is 36.8 Å². The molecule has 0 aliphatic carbocycles. The molecule has 162 valence electrons. The van der Waals surface area contributed by atoms with Gasteiger partial charge in [0, 0.05) is 31.3 Å². The van der Waals surface area contributed by atoms with Gasteiger partial charge in [0.15, 0.2) is 6.61 Å². The third-order valence-corrected chi connectivity index (χ3v) is 5.08. The van der Waals surface area contributed by atoms with Crippen LogP contribution in [-0.2, 0) is 23.9 Å². The van der Waals surface area contributed by atoms with Gasteiger partial charge >= 0.3 is 5.97 Å². The van der Waals surface area contributed by atoms with Crippen molar-refractivity contribution in [3.8, 4) is 0 Å². The standard InChI is InChI=1S/C23H25N3O5/c1-15(17-6-4-3-5-7-17)26-13-18(12-22(26)29)23(30)31-14-21(28)25-20-10-8-19(9-11-20)24-16(2)27/h3-11,15,18H,12-14H2,1-2H3,(H,24,27)(H,25,28)/t15-,18-/m1/s1. The lowest BCUT2D eigenvalue weighted by molar-refractivity contribution is -0.151. The Labute approximate surface area is 180 Å². The number of carbonyl (C=O) groups excluding carboxylic acids is 4. The predicted octanol–water partition coefficient (Wildman–Crippen LogP) is 2.74. The zero-order valence-electron chi connectivity index (χ0n) is 17.5. The Morgan fingerprint density at radius 2 is 1.65 bits per heavy atom. The van der Waals surface area contributed by atoms with Crippen LogP contribution in [0.25, 0.3) is 0 Å². The van der Waals surface area contributed by atoms with E-state index >= 15 is 0 Å². The summed E-state index contributed by atoms with van der Waals surface area (Å²) < 4.78 is 5.13. The minimum Gasteiger partial charge on any atom is -0.455 e. The summed E-state index contributed by atoms with van der Waals surface area (Å²) in [5.41, 5.74) is 2.11. The molecular weight excluding hydrogens is 398 g/mol. The number of ether oxygens (including phenoxy) is 1. The summed E-state index contributed by atoms with van der Waals surface area (Å²) in [6, 6.07) is 16.0. The molecule has 0 aromatic heterocycles. The van der Waals surface area contributed by atoms with Crippen molar-refractivity contribution in [2.75, 3.05) is 23.8 Å². The molecule has 2 atom stereocenters. The zero-order chi connectivity index (χ0) is 22.4. The zero-order valence-corrected chi connectivity index (χ0v) is 17.5. The second kappa shape index (κ2) is 9.88. The number of carbonyl (C=O) groups is 4. The Hall–Kier alpha value is -3.68. The third kappa shape index (κ3) is 5.91. The van der Waals surface area contributed by atoms with E-state index in [0.717, 1.165) is 5.56 Å². The first kappa shape index (κ1) is 22.0. The van der Waals surface area contributed by atoms with E-state index in [-0.39, 0.29) is 30.8 Å². The van der Waals surface area contributed by atoms with E-state index in [4.69, 9.17) is 4.74 Å². The molecule has 31 heavy (non-hydrogen) atoms. The number of likely N-dealkylation sites (tertiary alicyclic amines) is 1. The van der Waals surface area contributed by atoms with Gasteiger partial charge in [-0.2, -0.15) is 0 Å². The van der Waals surface area contributed by atoms with Gasteiger partial charge in [-0.15, -0.1) is 0 Å². The third-order valence-electron chi connectivity index (χ3n) is 5.08. The van der Waals surface area contributed by atoms with Crippen LogP contribution in [0.3, 0.4) is 0 Å². The average molecular weight is 423 g/mol. The number of esters is 1. The van der Waals surface area contributed by atoms with E-state index in [2.05, 4.69) is 10.6 Å². The Balaban J connectivity index is 1.47. The van der Waals surface area contributed by atoms with Crippen LogP contribution in [0.15, 0.2) is 54.6 Å². The summed E-state index contributed by atoms with van der Waals surface area (Å²) >= 11 is 0. The molecule has 1 fully saturated rings. The van der Waals surface area contributed by atoms with Crippen molar-refractivity contribution in [1.82, 2.24) is 4.90 Å². The molecule has 0 radical (unpaired) electrons. The van der Waals surface area contributed by atoms with Gasteiger partial charge in [-0.3, -0.25) is 19.2 Å². The van der Waals surface area contributed by atoms with Gasteiger partial charge < -0.3 is 20.3 Å². The van der Waals surface area contributed by atoms with E-state index < -0.39 is 24.4 Å². The topological polar surface area (TPSA) is 105 Å². The monoisotopic (exact) mass is 423 g/mol. The van der Waals surface area contributed by atoms with E-state index in [1.165, 1.54) is 6.92 Å². The molecule has 0 spiro atoms. The lowest BCUT2D eigenvalue weighted by Gasteiger charge is -2.25. The molecule has 0 bridgehead atoms. The molecule has 1 aliphatic heterocycles. The normalized spacial score (nSPS) is 16.5. The lowest BCUT2D eigenvalue weighted by atomic mass is 10.1. The van der Waals surface area contributed by atoms with Gasteiger partial charge in [0.25, 0.3) is 5.91 Å². The quantitative estimate of drug-likeness (QED) is 0.667. The van der Waals surface area contributed by atoms with Crippen LogP contribution in [0.5, 0.6) is 0 Å². The van der Waals surface area contributed by atoms with Crippen molar-refractivity contribution in [2.45, 2.75) is 26.3 Å². The van der Waals surface area contributed by atoms with Crippen LogP contribution in [0.1, 0.15) is 31.9 Å². The fourth-order valence-electron chi connectivity index (χ4n) is 3.47. The number of anilines is 2. The van der Waals surface area contributed by atoms with Crippen molar-refractivity contribution in [3.63, 3.8) is 0 Å². The van der Waals surface area contributed by atoms with Crippen LogP contribution < -0.4 is 10.6 Å². The fourth-order valence-corrected chi connectivity index (χ4v) is 3.47. The highest BCUT2D eigenvalue weighted by atomic mass is 16.5. The molecule has 1 aliphatic rings. The summed E-state index contributed by atoms with van der Waals surface area (Å²) in [6.07, 6.45) is 0.0717. The van der Waals surface area contributed by atoms with Crippen LogP contribution in [-0.4, -0.2) is 41.7 Å². The lowest BCUT2D eigenvalue weighted by Crippen LogP contribution is -2.30. The van der Waals surface area contributed by atoms with Crippen molar-refractivity contribution in [1.29, 1.82) is 0 Å². The summed E-state index contributed by atoms with van der Waals surface area (Å²) in [5, 5.41) is 5.25. The molecule has 1 heterocycles. The first-order valence-corrected chi connectivity index (χ1v) is 10.0. The van der Waals surface area contributed by atoms with E-state index in [9.17, 15) is 19.2 Å². The van der Waals surface area contributed by atoms with E-state index in [1.807, 2.05) is 37.3 Å². The summed E-state index contributed by atoms with van der Waals surface area (Å²) in [4.78, 5) is 49.5. The largest absolute Gasteiger partial charge is 0.455 e.